The van der Waals surface area contributed by atoms with Crippen LogP contribution >= 0.6 is 0 Å². The number of anilines is 1. The molecule has 25 heavy (non-hydrogen) atoms. The second kappa shape index (κ2) is 5.93. The number of aromatic nitrogens is 5. The Morgan fingerprint density at radius 1 is 1.24 bits per heavy atom. The first-order valence-electron chi connectivity index (χ1n) is 7.42. The predicted molar refractivity (Wildman–Crippen MR) is 85.6 cm³/mol. The highest BCUT2D eigenvalue weighted by Gasteiger charge is 2.25. The first-order valence-corrected chi connectivity index (χ1v) is 7.42. The molecule has 8 nitrogen and oxygen atoms in total. The lowest BCUT2D eigenvalue weighted by Gasteiger charge is -2.14. The number of hydrogen-bond acceptors (Lipinski definition) is 6. The molecule has 1 aliphatic rings. The quantitative estimate of drug-likeness (QED) is 0.727. The first-order chi connectivity index (χ1) is 12.1. The Bertz CT molecular complexity index is 940. The number of hydrogen-bond donors (Lipinski definition) is 0. The number of rotatable bonds is 3. The molecule has 1 aliphatic heterocycles. The van der Waals surface area contributed by atoms with Gasteiger partial charge in [0.25, 0.3) is 0 Å². The van der Waals surface area contributed by atoms with Gasteiger partial charge in [0.15, 0.2) is 12.4 Å². The van der Waals surface area contributed by atoms with Crippen molar-refractivity contribution in [3.8, 4) is 22.6 Å². The van der Waals surface area contributed by atoms with E-state index in [1.807, 2.05) is 0 Å². The Hall–Kier alpha value is -3.36. The summed E-state index contributed by atoms with van der Waals surface area (Å²) in [4.78, 5) is 17.2. The SMILES string of the molecule is Cn1nnnc1-c1ccc(-c2ccc(N3C[CH]OC3=O)cc2F)cn1. The molecule has 0 unspecified atom stereocenters. The fraction of sp³-hybridized carbons (Fsp3) is 0.125. The fourth-order valence-electron chi connectivity index (χ4n) is 2.57. The van der Waals surface area contributed by atoms with Crippen LogP contribution in [0.5, 0.6) is 0 Å². The van der Waals surface area contributed by atoms with Gasteiger partial charge in [0, 0.05) is 24.4 Å². The van der Waals surface area contributed by atoms with Crippen molar-refractivity contribution >= 4 is 11.8 Å². The van der Waals surface area contributed by atoms with Gasteiger partial charge in [-0.25, -0.2) is 13.9 Å². The van der Waals surface area contributed by atoms with Crippen molar-refractivity contribution in [2.24, 2.45) is 7.05 Å². The van der Waals surface area contributed by atoms with E-state index >= 15 is 0 Å². The first kappa shape index (κ1) is 15.2. The fourth-order valence-corrected chi connectivity index (χ4v) is 2.57. The van der Waals surface area contributed by atoms with Crippen molar-refractivity contribution < 1.29 is 13.9 Å². The lowest BCUT2D eigenvalue weighted by Crippen LogP contribution is -2.23. The van der Waals surface area contributed by atoms with E-state index in [9.17, 15) is 9.18 Å². The highest BCUT2D eigenvalue weighted by Crippen LogP contribution is 2.29. The van der Waals surface area contributed by atoms with Gasteiger partial charge in [0.2, 0.25) is 0 Å². The van der Waals surface area contributed by atoms with Crippen LogP contribution in [0.25, 0.3) is 22.6 Å². The number of amides is 1. The summed E-state index contributed by atoms with van der Waals surface area (Å²) >= 11 is 0. The van der Waals surface area contributed by atoms with E-state index in [2.05, 4.69) is 20.5 Å². The molecule has 0 saturated carbocycles. The molecule has 0 N–H and O–H groups in total. The summed E-state index contributed by atoms with van der Waals surface area (Å²) in [5.41, 5.74) is 2.02. The molecule has 1 amide bonds. The zero-order chi connectivity index (χ0) is 17.4. The van der Waals surface area contributed by atoms with E-state index < -0.39 is 11.9 Å². The minimum atomic E-state index is -0.518. The van der Waals surface area contributed by atoms with Crippen LogP contribution in [0.2, 0.25) is 0 Å². The van der Waals surface area contributed by atoms with Crippen molar-refractivity contribution in [3.63, 3.8) is 0 Å². The molecule has 0 spiro atoms. The highest BCUT2D eigenvalue weighted by molar-refractivity contribution is 5.90. The zero-order valence-corrected chi connectivity index (χ0v) is 13.1. The monoisotopic (exact) mass is 339 g/mol. The van der Waals surface area contributed by atoms with Crippen LogP contribution in [0, 0.1) is 12.4 Å². The number of tetrazole rings is 1. The summed E-state index contributed by atoms with van der Waals surface area (Å²) in [6.07, 6.45) is 1.04. The van der Waals surface area contributed by atoms with Crippen molar-refractivity contribution in [2.45, 2.75) is 0 Å². The van der Waals surface area contributed by atoms with Crippen LogP contribution in [0.15, 0.2) is 36.5 Å². The van der Waals surface area contributed by atoms with Gasteiger partial charge in [0.1, 0.15) is 11.5 Å². The van der Waals surface area contributed by atoms with Crippen molar-refractivity contribution in [1.29, 1.82) is 0 Å². The third-order valence-corrected chi connectivity index (χ3v) is 3.85. The normalized spacial score (nSPS) is 14.0. The van der Waals surface area contributed by atoms with Crippen molar-refractivity contribution in [3.05, 3.63) is 49.0 Å². The molecule has 3 heterocycles. The summed E-state index contributed by atoms with van der Waals surface area (Å²) in [6, 6.07) is 8.04. The van der Waals surface area contributed by atoms with Crippen LogP contribution in [-0.2, 0) is 11.8 Å². The van der Waals surface area contributed by atoms with Crippen LogP contribution in [-0.4, -0.2) is 37.8 Å². The molecule has 125 valence electrons. The summed E-state index contributed by atoms with van der Waals surface area (Å²) in [5, 5.41) is 11.2. The van der Waals surface area contributed by atoms with E-state index in [0.29, 0.717) is 34.9 Å². The van der Waals surface area contributed by atoms with Gasteiger partial charge in [-0.2, -0.15) is 0 Å². The van der Waals surface area contributed by atoms with Crippen molar-refractivity contribution in [2.75, 3.05) is 11.4 Å². The van der Waals surface area contributed by atoms with Crippen molar-refractivity contribution in [1.82, 2.24) is 25.2 Å². The van der Waals surface area contributed by atoms with E-state index in [4.69, 9.17) is 4.74 Å². The Labute approximate surface area is 141 Å². The van der Waals surface area contributed by atoms with E-state index in [0.717, 1.165) is 0 Å². The lowest BCUT2D eigenvalue weighted by atomic mass is 10.1. The molecule has 9 heteroatoms. The molecule has 1 radical (unpaired) electrons. The summed E-state index contributed by atoms with van der Waals surface area (Å²) in [6.45, 7) is 1.66. The van der Waals surface area contributed by atoms with Gasteiger partial charge in [0.05, 0.1) is 12.2 Å². The molecular weight excluding hydrogens is 327 g/mol. The number of nitrogens with zero attached hydrogens (tertiary/aromatic N) is 6. The maximum Gasteiger partial charge on any atom is 0.414 e. The average Bonchev–Trinajstić information content (AvgIpc) is 3.23. The molecular formula is C16H12FN6O2. The Morgan fingerprint density at radius 2 is 2.12 bits per heavy atom. The second-order valence-corrected chi connectivity index (χ2v) is 5.38. The Morgan fingerprint density at radius 3 is 2.72 bits per heavy atom. The number of cyclic esters (lactones) is 1. The average molecular weight is 339 g/mol. The smallest absolute Gasteiger partial charge is 0.414 e. The lowest BCUT2D eigenvalue weighted by molar-refractivity contribution is 0.196. The van der Waals surface area contributed by atoms with Gasteiger partial charge in [-0.3, -0.25) is 9.88 Å². The number of pyridine rings is 1. The predicted octanol–water partition coefficient (Wildman–Crippen LogP) is 2.20. The maximum atomic E-state index is 14.5. The molecule has 2 aromatic heterocycles. The van der Waals surface area contributed by atoms with Crippen LogP contribution < -0.4 is 4.90 Å². The summed E-state index contributed by atoms with van der Waals surface area (Å²) in [7, 11) is 1.71. The maximum absolute atomic E-state index is 14.5. The highest BCUT2D eigenvalue weighted by atomic mass is 19.1. The standard InChI is InChI=1S/C16H12FN6O2/c1-22-15(19-20-21-22)14-5-2-10(9-18-14)12-4-3-11(8-13(12)17)23-6-7-25-16(23)24/h2-5,7-9H,6H2,1H3. The van der Waals surface area contributed by atoms with E-state index in [1.165, 1.54) is 22.3 Å². The van der Waals surface area contributed by atoms with Gasteiger partial charge in [-0.15, -0.1) is 5.10 Å². The number of carbonyl (C=O) groups is 1. The number of halogens is 1. The van der Waals surface area contributed by atoms with Gasteiger partial charge in [-0.1, -0.05) is 6.07 Å². The molecule has 4 rings (SSSR count). The van der Waals surface area contributed by atoms with Crippen LogP contribution in [0.3, 0.4) is 0 Å². The molecule has 0 bridgehead atoms. The third-order valence-electron chi connectivity index (χ3n) is 3.85. The number of benzene rings is 1. The molecule has 0 atom stereocenters. The molecule has 1 fully saturated rings. The van der Waals surface area contributed by atoms with Crippen LogP contribution in [0.1, 0.15) is 0 Å². The topological polar surface area (TPSA) is 86.0 Å². The summed E-state index contributed by atoms with van der Waals surface area (Å²) in [5.74, 6) is 0.0678. The minimum absolute atomic E-state index is 0.291. The van der Waals surface area contributed by atoms with Gasteiger partial charge in [-0.05, 0) is 34.7 Å². The van der Waals surface area contributed by atoms with Gasteiger partial charge >= 0.3 is 6.09 Å². The molecule has 3 aromatic rings. The second-order valence-electron chi connectivity index (χ2n) is 5.38. The Balaban J connectivity index is 1.63. The number of carbonyl (C=O) groups excluding carboxylic acids is 1. The number of aryl methyl sites for hydroxylation is 1. The molecule has 1 aromatic carbocycles. The largest absolute Gasteiger partial charge is 0.440 e. The zero-order valence-electron chi connectivity index (χ0n) is 13.1. The number of ether oxygens (including phenoxy) is 1. The van der Waals surface area contributed by atoms with E-state index in [-0.39, 0.29) is 0 Å². The molecule has 1 saturated heterocycles. The van der Waals surface area contributed by atoms with Gasteiger partial charge < -0.3 is 4.74 Å². The third kappa shape index (κ3) is 2.69. The van der Waals surface area contributed by atoms with E-state index in [1.54, 1.807) is 37.5 Å². The molecule has 0 aliphatic carbocycles. The minimum Gasteiger partial charge on any atom is -0.440 e. The summed E-state index contributed by atoms with van der Waals surface area (Å²) < 4.78 is 20.7. The van der Waals surface area contributed by atoms with Crippen LogP contribution in [0.4, 0.5) is 14.9 Å². The Kier molecular flexibility index (Phi) is 3.60.